The third-order valence-corrected chi connectivity index (χ3v) is 5.89. The molecule has 1 saturated heterocycles. The first-order valence-electron chi connectivity index (χ1n) is 12.3. The van der Waals surface area contributed by atoms with Gasteiger partial charge in [0.05, 0.1) is 36.3 Å². The topological polar surface area (TPSA) is 102 Å². The first kappa shape index (κ1) is 26.0. The van der Waals surface area contributed by atoms with Crippen LogP contribution in [0.3, 0.4) is 0 Å². The zero-order chi connectivity index (χ0) is 26.6. The minimum atomic E-state index is -0.586. The van der Waals surface area contributed by atoms with Crippen molar-refractivity contribution in [2.24, 2.45) is 0 Å². The number of hydrogen-bond donors (Lipinski definition) is 0. The van der Waals surface area contributed by atoms with Crippen LogP contribution in [0.4, 0.5) is 0 Å². The number of fused-ring (bicyclic) bond motifs is 1. The van der Waals surface area contributed by atoms with Gasteiger partial charge in [0.1, 0.15) is 17.1 Å². The number of hydroxylamine groups is 2. The van der Waals surface area contributed by atoms with Crippen LogP contribution < -0.4 is 4.74 Å². The number of esters is 1. The van der Waals surface area contributed by atoms with Crippen LogP contribution in [-0.4, -0.2) is 41.8 Å². The van der Waals surface area contributed by atoms with Crippen LogP contribution >= 0.6 is 0 Å². The van der Waals surface area contributed by atoms with Crippen molar-refractivity contribution in [3.05, 3.63) is 71.1 Å². The normalized spacial score (nSPS) is 16.4. The smallest absolute Gasteiger partial charge is 0.313 e. The summed E-state index contributed by atoms with van der Waals surface area (Å²) in [5, 5.41) is 11.5. The van der Waals surface area contributed by atoms with Crippen LogP contribution in [0.25, 0.3) is 11.0 Å². The molecule has 8 heteroatoms. The van der Waals surface area contributed by atoms with E-state index in [1.54, 1.807) is 42.3 Å². The Labute approximate surface area is 216 Å². The van der Waals surface area contributed by atoms with Gasteiger partial charge < -0.3 is 13.9 Å². The molecule has 1 aliphatic heterocycles. The summed E-state index contributed by atoms with van der Waals surface area (Å²) in [6, 6.07) is 16.3. The molecule has 1 aromatic heterocycles. The Balaban J connectivity index is 1.51. The van der Waals surface area contributed by atoms with Crippen LogP contribution in [0.5, 0.6) is 5.75 Å². The van der Waals surface area contributed by atoms with Crippen molar-refractivity contribution in [2.75, 3.05) is 13.2 Å². The molecule has 8 nitrogen and oxygen atoms in total. The fourth-order valence-corrected chi connectivity index (χ4v) is 4.30. The van der Waals surface area contributed by atoms with E-state index in [1.165, 1.54) is 0 Å². The molecule has 0 aliphatic carbocycles. The van der Waals surface area contributed by atoms with Gasteiger partial charge >= 0.3 is 5.97 Å². The highest BCUT2D eigenvalue weighted by Crippen LogP contribution is 2.31. The van der Waals surface area contributed by atoms with Crippen molar-refractivity contribution in [3.63, 3.8) is 0 Å². The number of ether oxygens (including phenoxy) is 2. The largest absolute Gasteiger partial charge is 0.483 e. The summed E-state index contributed by atoms with van der Waals surface area (Å²) >= 11 is 0. The van der Waals surface area contributed by atoms with E-state index in [0.717, 1.165) is 10.9 Å². The number of furan rings is 1. The van der Waals surface area contributed by atoms with Gasteiger partial charge in [0.2, 0.25) is 0 Å². The Morgan fingerprint density at radius 1 is 1.19 bits per heavy atom. The van der Waals surface area contributed by atoms with Crippen molar-refractivity contribution in [3.8, 4) is 11.8 Å². The lowest BCUT2D eigenvalue weighted by Crippen LogP contribution is -2.32. The van der Waals surface area contributed by atoms with Crippen molar-refractivity contribution in [2.45, 2.75) is 58.2 Å². The summed E-state index contributed by atoms with van der Waals surface area (Å²) < 4.78 is 17.3. The molecule has 1 unspecified atom stereocenters. The van der Waals surface area contributed by atoms with Crippen molar-refractivity contribution < 1.29 is 28.3 Å². The highest BCUT2D eigenvalue weighted by atomic mass is 16.7. The zero-order valence-corrected chi connectivity index (χ0v) is 21.4. The summed E-state index contributed by atoms with van der Waals surface area (Å²) in [5.41, 5.74) is 1.83. The van der Waals surface area contributed by atoms with Crippen LogP contribution in [0.2, 0.25) is 0 Å². The summed E-state index contributed by atoms with van der Waals surface area (Å²) in [7, 11) is 0. The van der Waals surface area contributed by atoms with Gasteiger partial charge in [-0.2, -0.15) is 5.26 Å². The highest BCUT2D eigenvalue weighted by Gasteiger charge is 2.34. The molecule has 4 rings (SSSR count). The van der Waals surface area contributed by atoms with Gasteiger partial charge in [-0.05, 0) is 69.7 Å². The van der Waals surface area contributed by atoms with Gasteiger partial charge in [-0.1, -0.05) is 12.1 Å². The van der Waals surface area contributed by atoms with E-state index in [1.807, 2.05) is 44.9 Å². The number of nitrogens with zero attached hydrogens (tertiary/aromatic N) is 2. The molecule has 2 aromatic carbocycles. The number of nitriles is 1. The number of benzene rings is 2. The predicted molar refractivity (Wildman–Crippen MR) is 136 cm³/mol. The minimum absolute atomic E-state index is 0.262. The molecule has 0 radical (unpaired) electrons. The standard InChI is InChI=1S/C29H30N2O6/c1-5-34-28(33)24(16-23-15-21-14-19(17-30)6-11-26(21)36-23)20-7-9-22(10-8-20)35-27-12-13-31(25(27)18-32)37-29(2,3)4/h6-11,14-15,24,27H,5,12-13,16H2,1-4H3/t24?,27-/m0/s1. The van der Waals surface area contributed by atoms with Crippen LogP contribution in [0.15, 0.2) is 58.6 Å². The maximum absolute atomic E-state index is 12.9. The van der Waals surface area contributed by atoms with Gasteiger partial charge in [-0.3, -0.25) is 9.63 Å². The number of carbonyl (C=O) groups excluding carboxylic acids is 2. The predicted octanol–water partition coefficient (Wildman–Crippen LogP) is 5.09. The van der Waals surface area contributed by atoms with Crippen molar-refractivity contribution >= 4 is 22.9 Å². The molecule has 37 heavy (non-hydrogen) atoms. The second kappa shape index (κ2) is 10.9. The third kappa shape index (κ3) is 6.21. The van der Waals surface area contributed by atoms with E-state index in [0.29, 0.717) is 47.7 Å². The first-order valence-corrected chi connectivity index (χ1v) is 12.3. The molecule has 0 amide bonds. The number of rotatable bonds is 8. The van der Waals surface area contributed by atoms with E-state index in [2.05, 4.69) is 6.07 Å². The summed E-state index contributed by atoms with van der Waals surface area (Å²) in [6.45, 7) is 8.30. The fourth-order valence-electron chi connectivity index (χ4n) is 4.30. The van der Waals surface area contributed by atoms with E-state index in [4.69, 9.17) is 24.0 Å². The van der Waals surface area contributed by atoms with Crippen LogP contribution in [-0.2, 0) is 25.6 Å². The lowest BCUT2D eigenvalue weighted by atomic mass is 9.94. The Morgan fingerprint density at radius 3 is 2.59 bits per heavy atom. The molecular formula is C29H30N2O6. The molecular weight excluding hydrogens is 472 g/mol. The lowest BCUT2D eigenvalue weighted by molar-refractivity contribution is -0.198. The maximum Gasteiger partial charge on any atom is 0.313 e. The highest BCUT2D eigenvalue weighted by molar-refractivity contribution is 5.81. The second-order valence-electron chi connectivity index (χ2n) is 9.84. The van der Waals surface area contributed by atoms with E-state index < -0.39 is 17.6 Å². The quantitative estimate of drug-likeness (QED) is 0.310. The average molecular weight is 503 g/mol. The molecule has 0 spiro atoms. The van der Waals surface area contributed by atoms with Gasteiger partial charge in [0.15, 0.2) is 17.7 Å². The van der Waals surface area contributed by atoms with Crippen LogP contribution in [0.1, 0.15) is 56.9 Å². The van der Waals surface area contributed by atoms with Gasteiger partial charge in [-0.25, -0.2) is 9.86 Å². The van der Waals surface area contributed by atoms with E-state index in [9.17, 15) is 9.59 Å². The molecule has 3 aromatic rings. The fraction of sp³-hybridized carbons (Fsp3) is 0.379. The first-order chi connectivity index (χ1) is 17.7. The SMILES string of the molecule is CCOC(=O)C(Cc1cc2cc(C#N)ccc2o1)c1ccc(O[C@H]2CCN(OC(C)(C)C)C2=C=O)cc1. The third-order valence-electron chi connectivity index (χ3n) is 5.89. The average Bonchev–Trinajstić information content (AvgIpc) is 3.44. The molecule has 192 valence electrons. The summed E-state index contributed by atoms with van der Waals surface area (Å²) in [5.74, 6) is 2.21. The monoisotopic (exact) mass is 502 g/mol. The van der Waals surface area contributed by atoms with Gasteiger partial charge in [0.25, 0.3) is 0 Å². The Hall–Kier alpha value is -4.05. The maximum atomic E-state index is 12.9. The Morgan fingerprint density at radius 2 is 1.95 bits per heavy atom. The number of hydrogen-bond acceptors (Lipinski definition) is 8. The lowest BCUT2D eigenvalue weighted by Gasteiger charge is -2.27. The molecule has 2 heterocycles. The van der Waals surface area contributed by atoms with Crippen molar-refractivity contribution in [1.29, 1.82) is 5.26 Å². The molecule has 1 aliphatic rings. The van der Waals surface area contributed by atoms with Gasteiger partial charge in [-0.15, -0.1) is 0 Å². The second-order valence-corrected chi connectivity index (χ2v) is 9.84. The Kier molecular flexibility index (Phi) is 7.68. The minimum Gasteiger partial charge on any atom is -0.483 e. The van der Waals surface area contributed by atoms with E-state index >= 15 is 0 Å². The van der Waals surface area contributed by atoms with Gasteiger partial charge in [0, 0.05) is 18.2 Å². The zero-order valence-electron chi connectivity index (χ0n) is 21.4. The van der Waals surface area contributed by atoms with Crippen molar-refractivity contribution in [1.82, 2.24) is 5.06 Å². The summed E-state index contributed by atoms with van der Waals surface area (Å²) in [6.07, 6.45) is 0.420. The Bertz CT molecular complexity index is 1360. The number of carbonyl (C=O) groups is 1. The van der Waals surface area contributed by atoms with E-state index in [-0.39, 0.29) is 12.6 Å². The van der Waals surface area contributed by atoms with Crippen LogP contribution in [0, 0.1) is 11.3 Å². The molecule has 0 N–H and O–H groups in total. The molecule has 1 fully saturated rings. The molecule has 0 bridgehead atoms. The molecule has 2 atom stereocenters. The summed E-state index contributed by atoms with van der Waals surface area (Å²) in [4.78, 5) is 30.3. The molecule has 0 saturated carbocycles.